The van der Waals surface area contributed by atoms with Crippen LogP contribution in [0.1, 0.15) is 5.56 Å². The molecule has 0 atom stereocenters. The van der Waals surface area contributed by atoms with Crippen LogP contribution in [0.5, 0.6) is 0 Å². The molecule has 0 saturated carbocycles. The van der Waals surface area contributed by atoms with Gasteiger partial charge in [0.15, 0.2) is 0 Å². The van der Waals surface area contributed by atoms with E-state index in [9.17, 15) is 0 Å². The van der Waals surface area contributed by atoms with E-state index in [0.717, 1.165) is 16.6 Å². The zero-order valence-electron chi connectivity index (χ0n) is 6.89. The summed E-state index contributed by atoms with van der Waals surface area (Å²) >= 11 is 3.25. The number of alkyl halides is 1. The lowest BCUT2D eigenvalue weighted by Gasteiger charge is -1.97. The maximum atomic E-state index is 3.25. The fourth-order valence-corrected chi connectivity index (χ4v) is 0.996. The Balaban J connectivity index is 2.78. The predicted molar refractivity (Wildman–Crippen MR) is 56.7 cm³/mol. The van der Waals surface area contributed by atoms with E-state index in [1.807, 2.05) is 31.3 Å². The SMILES string of the molecule is CNc1ccc(C#CCBr)cc1. The second kappa shape index (κ2) is 4.84. The van der Waals surface area contributed by atoms with Crippen molar-refractivity contribution in [1.82, 2.24) is 0 Å². The molecule has 1 aromatic carbocycles. The quantitative estimate of drug-likeness (QED) is 0.570. The van der Waals surface area contributed by atoms with Crippen LogP contribution in [0.25, 0.3) is 0 Å². The van der Waals surface area contributed by atoms with Gasteiger partial charge in [-0.1, -0.05) is 27.8 Å². The summed E-state index contributed by atoms with van der Waals surface area (Å²) in [6.07, 6.45) is 0. The number of hydrogen-bond acceptors (Lipinski definition) is 1. The monoisotopic (exact) mass is 223 g/mol. The van der Waals surface area contributed by atoms with Crippen molar-refractivity contribution in [2.75, 3.05) is 17.7 Å². The minimum Gasteiger partial charge on any atom is -0.388 e. The Morgan fingerprint density at radius 2 is 2.00 bits per heavy atom. The number of benzene rings is 1. The van der Waals surface area contributed by atoms with E-state index in [1.165, 1.54) is 0 Å². The molecule has 0 unspecified atom stereocenters. The number of nitrogens with one attached hydrogen (secondary N) is 1. The van der Waals surface area contributed by atoms with Gasteiger partial charge in [0.2, 0.25) is 0 Å². The molecule has 0 aliphatic carbocycles. The average molecular weight is 224 g/mol. The molecular weight excluding hydrogens is 214 g/mol. The van der Waals surface area contributed by atoms with Crippen molar-refractivity contribution in [2.45, 2.75) is 0 Å². The molecule has 12 heavy (non-hydrogen) atoms. The molecule has 0 aliphatic heterocycles. The third-order valence-corrected chi connectivity index (χ3v) is 1.75. The Labute approximate surface area is 81.3 Å². The third kappa shape index (κ3) is 2.60. The molecule has 0 spiro atoms. The topological polar surface area (TPSA) is 12.0 Å². The van der Waals surface area contributed by atoms with Crippen molar-refractivity contribution in [3.05, 3.63) is 29.8 Å². The number of anilines is 1. The molecular formula is C10H10BrN. The second-order valence-electron chi connectivity index (χ2n) is 2.26. The normalized spacial score (nSPS) is 8.50. The maximum Gasteiger partial charge on any atom is 0.0649 e. The summed E-state index contributed by atoms with van der Waals surface area (Å²) in [5.74, 6) is 5.97. The lowest BCUT2D eigenvalue weighted by atomic mass is 10.2. The standard InChI is InChI=1S/C10H10BrN/c1-12-10-6-4-9(5-7-10)3-2-8-11/h4-7,12H,8H2,1H3. The Kier molecular flexibility index (Phi) is 3.69. The Bertz CT molecular complexity index is 292. The van der Waals surface area contributed by atoms with E-state index in [2.05, 4.69) is 33.1 Å². The van der Waals surface area contributed by atoms with Crippen molar-refractivity contribution in [3.8, 4) is 11.8 Å². The summed E-state index contributed by atoms with van der Waals surface area (Å²) in [5, 5.41) is 3.78. The van der Waals surface area contributed by atoms with Crippen molar-refractivity contribution in [1.29, 1.82) is 0 Å². The van der Waals surface area contributed by atoms with Gasteiger partial charge in [-0.05, 0) is 24.3 Å². The van der Waals surface area contributed by atoms with Gasteiger partial charge in [0.1, 0.15) is 0 Å². The molecule has 62 valence electrons. The van der Waals surface area contributed by atoms with Crippen LogP contribution in [0.4, 0.5) is 5.69 Å². The van der Waals surface area contributed by atoms with Crippen molar-refractivity contribution < 1.29 is 0 Å². The highest BCUT2D eigenvalue weighted by Crippen LogP contribution is 2.06. The van der Waals surface area contributed by atoms with Gasteiger partial charge in [0.05, 0.1) is 5.33 Å². The number of halogens is 1. The van der Waals surface area contributed by atoms with Gasteiger partial charge in [-0.3, -0.25) is 0 Å². The summed E-state index contributed by atoms with van der Waals surface area (Å²) in [5.41, 5.74) is 2.16. The number of rotatable bonds is 1. The van der Waals surface area contributed by atoms with E-state index in [0.29, 0.717) is 0 Å². The van der Waals surface area contributed by atoms with Gasteiger partial charge >= 0.3 is 0 Å². The van der Waals surface area contributed by atoms with E-state index < -0.39 is 0 Å². The Hall–Kier alpha value is -0.940. The Morgan fingerprint density at radius 1 is 1.33 bits per heavy atom. The van der Waals surface area contributed by atoms with Crippen LogP contribution >= 0.6 is 15.9 Å². The van der Waals surface area contributed by atoms with E-state index >= 15 is 0 Å². The first-order chi connectivity index (χ1) is 5.86. The van der Waals surface area contributed by atoms with Gasteiger partial charge in [-0.15, -0.1) is 0 Å². The van der Waals surface area contributed by atoms with Crippen molar-refractivity contribution in [2.24, 2.45) is 0 Å². The molecule has 0 amide bonds. The van der Waals surface area contributed by atoms with Crippen LogP contribution in [0.2, 0.25) is 0 Å². The van der Waals surface area contributed by atoms with Gasteiger partial charge in [-0.25, -0.2) is 0 Å². The summed E-state index contributed by atoms with van der Waals surface area (Å²) in [7, 11) is 1.90. The molecule has 1 nitrogen and oxygen atoms in total. The molecule has 1 N–H and O–H groups in total. The minimum atomic E-state index is 0.723. The molecule has 0 radical (unpaired) electrons. The molecule has 1 aromatic rings. The molecule has 0 fully saturated rings. The fraction of sp³-hybridized carbons (Fsp3) is 0.200. The van der Waals surface area contributed by atoms with E-state index in [1.54, 1.807) is 0 Å². The highest BCUT2D eigenvalue weighted by molar-refractivity contribution is 9.09. The summed E-state index contributed by atoms with van der Waals surface area (Å²) in [6.45, 7) is 0. The third-order valence-electron chi connectivity index (χ3n) is 1.47. The summed E-state index contributed by atoms with van der Waals surface area (Å²) in [4.78, 5) is 0. The van der Waals surface area contributed by atoms with Crippen molar-refractivity contribution in [3.63, 3.8) is 0 Å². The first-order valence-electron chi connectivity index (χ1n) is 3.69. The zero-order chi connectivity index (χ0) is 8.81. The first kappa shape index (κ1) is 9.15. The lowest BCUT2D eigenvalue weighted by Crippen LogP contribution is -1.86. The van der Waals surface area contributed by atoms with Crippen LogP contribution < -0.4 is 5.32 Å². The fourth-order valence-electron chi connectivity index (χ4n) is 0.856. The van der Waals surface area contributed by atoms with Gasteiger partial charge in [-0.2, -0.15) is 0 Å². The van der Waals surface area contributed by atoms with Crippen LogP contribution in [-0.2, 0) is 0 Å². The maximum absolute atomic E-state index is 3.25. The van der Waals surface area contributed by atoms with Crippen LogP contribution in [-0.4, -0.2) is 12.4 Å². The molecule has 2 heteroatoms. The van der Waals surface area contributed by atoms with Gasteiger partial charge < -0.3 is 5.32 Å². The first-order valence-corrected chi connectivity index (χ1v) is 4.81. The van der Waals surface area contributed by atoms with Gasteiger partial charge in [0, 0.05) is 18.3 Å². The minimum absolute atomic E-state index is 0.723. The Morgan fingerprint density at radius 3 is 2.50 bits per heavy atom. The van der Waals surface area contributed by atoms with Crippen molar-refractivity contribution >= 4 is 21.6 Å². The van der Waals surface area contributed by atoms with E-state index in [4.69, 9.17) is 0 Å². The molecule has 0 aliphatic rings. The highest BCUT2D eigenvalue weighted by Gasteiger charge is 1.87. The van der Waals surface area contributed by atoms with Gasteiger partial charge in [0.25, 0.3) is 0 Å². The van der Waals surface area contributed by atoms with Crippen LogP contribution in [0.15, 0.2) is 24.3 Å². The molecule has 0 heterocycles. The zero-order valence-corrected chi connectivity index (χ0v) is 8.48. The molecule has 0 aromatic heterocycles. The highest BCUT2D eigenvalue weighted by atomic mass is 79.9. The summed E-state index contributed by atoms with van der Waals surface area (Å²) in [6, 6.07) is 8.03. The largest absolute Gasteiger partial charge is 0.388 e. The van der Waals surface area contributed by atoms with E-state index in [-0.39, 0.29) is 0 Å². The smallest absolute Gasteiger partial charge is 0.0649 e. The molecule has 1 rings (SSSR count). The summed E-state index contributed by atoms with van der Waals surface area (Å²) < 4.78 is 0. The van der Waals surface area contributed by atoms with Crippen LogP contribution in [0.3, 0.4) is 0 Å². The lowest BCUT2D eigenvalue weighted by molar-refractivity contribution is 1.50. The predicted octanol–water partition coefficient (Wildman–Crippen LogP) is 2.47. The average Bonchev–Trinajstić information content (AvgIpc) is 2.15. The number of hydrogen-bond donors (Lipinski definition) is 1. The van der Waals surface area contributed by atoms with Crippen LogP contribution in [0, 0.1) is 11.8 Å². The second-order valence-corrected chi connectivity index (χ2v) is 2.82. The molecule has 0 saturated heterocycles. The molecule has 0 bridgehead atoms.